The summed E-state index contributed by atoms with van der Waals surface area (Å²) in [4.78, 5) is 10.7. The molecule has 0 saturated carbocycles. The molecule has 0 radical (unpaired) electrons. The van der Waals surface area contributed by atoms with E-state index in [0.717, 1.165) is 50.0 Å². The van der Waals surface area contributed by atoms with Crippen molar-refractivity contribution in [2.45, 2.75) is 105 Å². The number of aliphatic hydroxyl groups is 1. The van der Waals surface area contributed by atoms with Gasteiger partial charge in [0.2, 0.25) is 0 Å². The molecule has 2 aromatic rings. The van der Waals surface area contributed by atoms with E-state index >= 15 is 0 Å². The highest BCUT2D eigenvalue weighted by atomic mass is 32.2. The Morgan fingerprint density at radius 3 is 1.86 bits per heavy atom. The molecule has 1 unspecified atom stereocenters. The Hall–Kier alpha value is -1.78. The molecule has 0 aliphatic heterocycles. The van der Waals surface area contributed by atoms with Crippen LogP contribution in [0.15, 0.2) is 36.4 Å². The molecule has 0 fully saturated rings. The number of carboxylic acids is 1. The lowest BCUT2D eigenvalue weighted by Crippen LogP contribution is -2.27. The number of aryl methyl sites for hydroxylation is 4. The molecule has 0 spiro atoms. The number of benzene rings is 2. The Balaban J connectivity index is 2.16. The number of carbonyl (C=O) groups is 1. The molecule has 1 atom stereocenters. The number of aliphatic carboxylic acids is 1. The van der Waals surface area contributed by atoms with Crippen molar-refractivity contribution in [1.82, 2.24) is 0 Å². The first kappa shape index (κ1) is 30.4. The zero-order valence-corrected chi connectivity index (χ0v) is 24.4. The zero-order valence-electron chi connectivity index (χ0n) is 23.6. The largest absolute Gasteiger partial charge is 0.481 e. The first-order valence-corrected chi connectivity index (χ1v) is 14.8. The fourth-order valence-corrected chi connectivity index (χ4v) is 6.03. The summed E-state index contributed by atoms with van der Waals surface area (Å²) in [7, 11) is 0. The van der Waals surface area contributed by atoms with Crippen LogP contribution in [-0.2, 0) is 23.1 Å². The van der Waals surface area contributed by atoms with Crippen LogP contribution in [0.1, 0.15) is 100 Å². The summed E-state index contributed by atoms with van der Waals surface area (Å²) in [6.45, 7) is 15.3. The third-order valence-corrected chi connectivity index (χ3v) is 8.95. The highest BCUT2D eigenvalue weighted by molar-refractivity contribution is 7.99. The van der Waals surface area contributed by atoms with Crippen LogP contribution in [-0.4, -0.2) is 33.8 Å². The molecule has 3 nitrogen and oxygen atoms in total. The molecular formula is C32H48O3S. The molecule has 2 N–H and O–H groups in total. The summed E-state index contributed by atoms with van der Waals surface area (Å²) in [5, 5.41) is 19.3. The molecule has 0 aliphatic carbocycles. The first-order chi connectivity index (χ1) is 16.9. The standard InChI is InChI=1S/C32H48O3S/c1-8-32(9-2,27-15-12-25(23(3)21-27)14-17-29(33)31(5,6)7)28-16-13-26(24(4)22-28)18-20-36-19-10-11-30(34)35/h12-13,15-16,21-22,29,33H,8-11,14,17-20H2,1-7H3,(H,34,35). The molecule has 2 aromatic carbocycles. The SMILES string of the molecule is CCC(CC)(c1ccc(CCSCCCC(=O)O)c(C)c1)c1ccc(CCC(O)C(C)(C)C)c(C)c1. The van der Waals surface area contributed by atoms with Crippen molar-refractivity contribution < 1.29 is 15.0 Å². The molecule has 0 heterocycles. The van der Waals surface area contributed by atoms with Gasteiger partial charge in [0.1, 0.15) is 0 Å². The van der Waals surface area contributed by atoms with Gasteiger partial charge in [-0.3, -0.25) is 4.79 Å². The van der Waals surface area contributed by atoms with Gasteiger partial charge in [-0.1, -0.05) is 71.0 Å². The molecule has 4 heteroatoms. The normalized spacial score (nSPS) is 13.1. The van der Waals surface area contributed by atoms with E-state index in [1.165, 1.54) is 33.4 Å². The van der Waals surface area contributed by atoms with Crippen molar-refractivity contribution >= 4 is 17.7 Å². The van der Waals surface area contributed by atoms with Gasteiger partial charge in [0.05, 0.1) is 6.10 Å². The van der Waals surface area contributed by atoms with Crippen molar-refractivity contribution in [2.75, 3.05) is 11.5 Å². The molecule has 0 saturated heterocycles. The smallest absolute Gasteiger partial charge is 0.303 e. The van der Waals surface area contributed by atoms with Crippen molar-refractivity contribution in [3.8, 4) is 0 Å². The second-order valence-electron chi connectivity index (χ2n) is 11.4. The predicted molar refractivity (Wildman–Crippen MR) is 155 cm³/mol. The van der Waals surface area contributed by atoms with Crippen LogP contribution in [0.3, 0.4) is 0 Å². The van der Waals surface area contributed by atoms with Gasteiger partial charge < -0.3 is 10.2 Å². The number of hydrogen-bond donors (Lipinski definition) is 2. The summed E-state index contributed by atoms with van der Waals surface area (Å²) in [5.41, 5.74) is 8.04. The van der Waals surface area contributed by atoms with Crippen molar-refractivity contribution in [3.63, 3.8) is 0 Å². The number of thioether (sulfide) groups is 1. The van der Waals surface area contributed by atoms with E-state index in [1.54, 1.807) is 0 Å². The molecule has 0 amide bonds. The van der Waals surface area contributed by atoms with Gasteiger partial charge in [-0.05, 0) is 103 Å². The monoisotopic (exact) mass is 512 g/mol. The summed E-state index contributed by atoms with van der Waals surface area (Å²) in [6.07, 6.45) is 5.49. The molecule has 36 heavy (non-hydrogen) atoms. The van der Waals surface area contributed by atoms with Crippen LogP contribution in [0.5, 0.6) is 0 Å². The third-order valence-electron chi connectivity index (χ3n) is 7.88. The average molecular weight is 513 g/mol. The van der Waals surface area contributed by atoms with Crippen molar-refractivity contribution in [1.29, 1.82) is 0 Å². The van der Waals surface area contributed by atoms with E-state index in [0.29, 0.717) is 0 Å². The van der Waals surface area contributed by atoms with Crippen LogP contribution in [0, 0.1) is 19.3 Å². The van der Waals surface area contributed by atoms with Gasteiger partial charge in [-0.25, -0.2) is 0 Å². The maximum absolute atomic E-state index is 10.7. The fraction of sp³-hybridized carbons (Fsp3) is 0.594. The molecule has 200 valence electrons. The van der Waals surface area contributed by atoms with Crippen LogP contribution in [0.4, 0.5) is 0 Å². The van der Waals surface area contributed by atoms with Crippen LogP contribution in [0.2, 0.25) is 0 Å². The van der Waals surface area contributed by atoms with Crippen LogP contribution in [0.25, 0.3) is 0 Å². The summed E-state index contributed by atoms with van der Waals surface area (Å²) in [6, 6.07) is 14.0. The minimum atomic E-state index is -0.707. The lowest BCUT2D eigenvalue weighted by atomic mass is 9.69. The van der Waals surface area contributed by atoms with E-state index in [-0.39, 0.29) is 23.4 Å². The lowest BCUT2D eigenvalue weighted by molar-refractivity contribution is -0.137. The van der Waals surface area contributed by atoms with Gasteiger partial charge >= 0.3 is 5.97 Å². The second kappa shape index (κ2) is 13.7. The third kappa shape index (κ3) is 8.11. The highest BCUT2D eigenvalue weighted by Gasteiger charge is 2.31. The van der Waals surface area contributed by atoms with Gasteiger partial charge in [-0.2, -0.15) is 11.8 Å². The number of aliphatic hydroxyl groups excluding tert-OH is 1. The molecule has 0 aromatic heterocycles. The predicted octanol–water partition coefficient (Wildman–Crippen LogP) is 7.89. The van der Waals surface area contributed by atoms with Crippen LogP contribution >= 0.6 is 11.8 Å². The van der Waals surface area contributed by atoms with Gasteiger partial charge in [0.15, 0.2) is 0 Å². The minimum Gasteiger partial charge on any atom is -0.481 e. The van der Waals surface area contributed by atoms with E-state index in [1.807, 2.05) is 11.8 Å². The average Bonchev–Trinajstić information content (AvgIpc) is 2.82. The summed E-state index contributed by atoms with van der Waals surface area (Å²) >= 11 is 1.85. The lowest BCUT2D eigenvalue weighted by Gasteiger charge is -2.34. The maximum atomic E-state index is 10.7. The summed E-state index contributed by atoms with van der Waals surface area (Å²) in [5.74, 6) is 1.22. The highest BCUT2D eigenvalue weighted by Crippen LogP contribution is 2.40. The van der Waals surface area contributed by atoms with Gasteiger partial charge in [0, 0.05) is 11.8 Å². The minimum absolute atomic E-state index is 0.0108. The fourth-order valence-electron chi connectivity index (χ4n) is 5.12. The van der Waals surface area contributed by atoms with Gasteiger partial charge in [-0.15, -0.1) is 0 Å². The molecule has 0 aliphatic rings. The second-order valence-corrected chi connectivity index (χ2v) is 12.6. The molecule has 0 bridgehead atoms. The topological polar surface area (TPSA) is 57.5 Å². The maximum Gasteiger partial charge on any atom is 0.303 e. The summed E-state index contributed by atoms with van der Waals surface area (Å²) < 4.78 is 0. The number of rotatable bonds is 14. The quantitative estimate of drug-likeness (QED) is 0.253. The van der Waals surface area contributed by atoms with E-state index in [9.17, 15) is 9.90 Å². The Morgan fingerprint density at radius 1 is 0.889 bits per heavy atom. The number of carboxylic acid groups (broad SMARTS) is 1. The van der Waals surface area contributed by atoms with Crippen molar-refractivity contribution in [3.05, 3.63) is 69.8 Å². The Kier molecular flexibility index (Phi) is 11.6. The Bertz CT molecular complexity index is 985. The number of hydrogen-bond acceptors (Lipinski definition) is 3. The van der Waals surface area contributed by atoms with E-state index in [4.69, 9.17) is 5.11 Å². The van der Waals surface area contributed by atoms with Crippen molar-refractivity contribution in [2.24, 2.45) is 5.41 Å². The Labute approximate surface area is 224 Å². The molecule has 2 rings (SSSR count). The van der Waals surface area contributed by atoms with E-state index < -0.39 is 5.97 Å². The zero-order chi connectivity index (χ0) is 26.9. The van der Waals surface area contributed by atoms with Crippen LogP contribution < -0.4 is 0 Å². The first-order valence-electron chi connectivity index (χ1n) is 13.6. The molecular weight excluding hydrogens is 464 g/mol. The van der Waals surface area contributed by atoms with Gasteiger partial charge in [0.25, 0.3) is 0 Å². The Morgan fingerprint density at radius 2 is 1.42 bits per heavy atom. The van der Waals surface area contributed by atoms with E-state index in [2.05, 4.69) is 84.9 Å².